The number of nitrogens with zero attached hydrogens (tertiary/aromatic N) is 6. The number of thiazole rings is 1. The highest BCUT2D eigenvalue weighted by Crippen LogP contribution is 2.29. The number of anilines is 2. The summed E-state index contributed by atoms with van der Waals surface area (Å²) in [7, 11) is 3.19. The Morgan fingerprint density at radius 1 is 1.26 bits per heavy atom. The number of ether oxygens (including phenoxy) is 2. The Bertz CT molecular complexity index is 1100. The van der Waals surface area contributed by atoms with E-state index in [1.165, 1.54) is 28.4 Å². The SMILES string of the molecule is CN(C)C(=O)c1ccc(Oc2nc(-c3cnc(N)s3)nc(N3CCOCC3)n2)c(F)c1. The maximum atomic E-state index is 14.6. The molecule has 2 N–H and O–H groups in total. The van der Waals surface area contributed by atoms with Crippen molar-refractivity contribution < 1.29 is 18.7 Å². The van der Waals surface area contributed by atoms with E-state index in [1.807, 2.05) is 4.90 Å². The second-order valence-corrected chi connectivity index (χ2v) is 7.91. The van der Waals surface area contributed by atoms with E-state index in [0.29, 0.717) is 48.1 Å². The van der Waals surface area contributed by atoms with E-state index in [4.69, 9.17) is 15.2 Å². The van der Waals surface area contributed by atoms with Crippen molar-refractivity contribution in [2.24, 2.45) is 0 Å². The fourth-order valence-electron chi connectivity index (χ4n) is 2.87. The van der Waals surface area contributed by atoms with Gasteiger partial charge in [0.1, 0.15) is 0 Å². The van der Waals surface area contributed by atoms with Gasteiger partial charge in [-0.25, -0.2) is 9.37 Å². The number of hydrogen-bond donors (Lipinski definition) is 1. The van der Waals surface area contributed by atoms with Gasteiger partial charge in [-0.3, -0.25) is 4.79 Å². The number of morpholine rings is 1. The summed E-state index contributed by atoms with van der Waals surface area (Å²) in [5.74, 6) is -0.422. The Morgan fingerprint density at radius 3 is 2.68 bits per heavy atom. The van der Waals surface area contributed by atoms with Crippen molar-refractivity contribution in [3.8, 4) is 22.5 Å². The molecule has 1 saturated heterocycles. The van der Waals surface area contributed by atoms with Crippen molar-refractivity contribution in [2.75, 3.05) is 51.0 Å². The molecule has 0 radical (unpaired) electrons. The van der Waals surface area contributed by atoms with E-state index in [2.05, 4.69) is 19.9 Å². The van der Waals surface area contributed by atoms with Gasteiger partial charge in [0.2, 0.25) is 5.95 Å². The van der Waals surface area contributed by atoms with E-state index in [0.717, 1.165) is 6.07 Å². The molecule has 0 spiro atoms. The summed E-state index contributed by atoms with van der Waals surface area (Å²) in [6, 6.07) is 3.89. The predicted molar refractivity (Wildman–Crippen MR) is 113 cm³/mol. The van der Waals surface area contributed by atoms with Gasteiger partial charge in [0.25, 0.3) is 5.91 Å². The van der Waals surface area contributed by atoms with E-state index in [9.17, 15) is 9.18 Å². The highest BCUT2D eigenvalue weighted by atomic mass is 32.1. The van der Waals surface area contributed by atoms with Crippen LogP contribution in [0.4, 0.5) is 15.5 Å². The molecular weight excluding hydrogens is 425 g/mol. The Morgan fingerprint density at radius 2 is 2.03 bits per heavy atom. The number of amides is 1. The van der Waals surface area contributed by atoms with Gasteiger partial charge < -0.3 is 25.0 Å². The summed E-state index contributed by atoms with van der Waals surface area (Å²) in [4.78, 5) is 33.2. The lowest BCUT2D eigenvalue weighted by atomic mass is 10.2. The van der Waals surface area contributed by atoms with Crippen LogP contribution in [-0.4, -0.2) is 71.1 Å². The van der Waals surface area contributed by atoms with E-state index >= 15 is 0 Å². The third-order valence-corrected chi connectivity index (χ3v) is 5.25. The third kappa shape index (κ3) is 4.70. The lowest BCUT2D eigenvalue weighted by Gasteiger charge is -2.26. The van der Waals surface area contributed by atoms with Crippen LogP contribution in [0.3, 0.4) is 0 Å². The van der Waals surface area contributed by atoms with Crippen molar-refractivity contribution >= 4 is 28.3 Å². The van der Waals surface area contributed by atoms with Crippen LogP contribution in [0.1, 0.15) is 10.4 Å². The smallest absolute Gasteiger partial charge is 0.327 e. The summed E-state index contributed by atoms with van der Waals surface area (Å²) >= 11 is 1.22. The number of rotatable bonds is 5. The number of nitrogen functional groups attached to an aromatic ring is 1. The number of carbonyl (C=O) groups excluding carboxylic acids is 1. The lowest BCUT2D eigenvalue weighted by molar-refractivity contribution is 0.0827. The minimum absolute atomic E-state index is 0.0796. The Balaban J connectivity index is 1.68. The molecule has 3 heterocycles. The molecule has 12 heteroatoms. The van der Waals surface area contributed by atoms with E-state index in [1.54, 1.807) is 20.3 Å². The number of nitrogens with two attached hydrogens (primary N) is 1. The van der Waals surface area contributed by atoms with Crippen molar-refractivity contribution in [1.82, 2.24) is 24.8 Å². The average molecular weight is 445 g/mol. The Labute approximate surface area is 181 Å². The highest BCUT2D eigenvalue weighted by Gasteiger charge is 2.20. The molecule has 4 rings (SSSR count). The van der Waals surface area contributed by atoms with Crippen molar-refractivity contribution in [3.63, 3.8) is 0 Å². The first kappa shape index (κ1) is 20.9. The topological polar surface area (TPSA) is 120 Å². The van der Waals surface area contributed by atoms with Crippen LogP contribution in [0.15, 0.2) is 24.4 Å². The van der Waals surface area contributed by atoms with Gasteiger partial charge in [-0.15, -0.1) is 0 Å². The maximum Gasteiger partial charge on any atom is 0.327 e. The molecule has 1 amide bonds. The predicted octanol–water partition coefficient (Wildman–Crippen LogP) is 2.05. The number of benzene rings is 1. The van der Waals surface area contributed by atoms with Gasteiger partial charge >= 0.3 is 6.01 Å². The first-order valence-corrected chi connectivity index (χ1v) is 10.2. The maximum absolute atomic E-state index is 14.6. The molecule has 31 heavy (non-hydrogen) atoms. The average Bonchev–Trinajstić information content (AvgIpc) is 3.21. The normalized spacial score (nSPS) is 13.8. The number of hydrogen-bond acceptors (Lipinski definition) is 10. The largest absolute Gasteiger partial charge is 0.421 e. The second kappa shape index (κ2) is 8.78. The van der Waals surface area contributed by atoms with Gasteiger partial charge in [-0.05, 0) is 18.2 Å². The summed E-state index contributed by atoms with van der Waals surface area (Å²) in [6.07, 6.45) is 1.56. The van der Waals surface area contributed by atoms with Crippen molar-refractivity contribution in [2.45, 2.75) is 0 Å². The fourth-order valence-corrected chi connectivity index (χ4v) is 3.49. The minimum Gasteiger partial charge on any atom is -0.421 e. The zero-order chi connectivity index (χ0) is 22.0. The van der Waals surface area contributed by atoms with Crippen molar-refractivity contribution in [1.29, 1.82) is 0 Å². The van der Waals surface area contributed by atoms with Crippen LogP contribution in [0, 0.1) is 5.82 Å². The van der Waals surface area contributed by atoms with Crippen LogP contribution in [-0.2, 0) is 4.74 Å². The van der Waals surface area contributed by atoms with Gasteiger partial charge in [0, 0.05) is 32.7 Å². The van der Waals surface area contributed by atoms with Gasteiger partial charge in [0.15, 0.2) is 22.5 Å². The van der Waals surface area contributed by atoms with Crippen LogP contribution in [0.5, 0.6) is 11.8 Å². The van der Waals surface area contributed by atoms with Crippen LogP contribution >= 0.6 is 11.3 Å². The second-order valence-electron chi connectivity index (χ2n) is 6.85. The molecule has 3 aromatic rings. The zero-order valence-electron chi connectivity index (χ0n) is 16.9. The lowest BCUT2D eigenvalue weighted by Crippen LogP contribution is -2.37. The highest BCUT2D eigenvalue weighted by molar-refractivity contribution is 7.18. The molecule has 162 valence electrons. The van der Waals surface area contributed by atoms with Crippen LogP contribution in [0.25, 0.3) is 10.7 Å². The monoisotopic (exact) mass is 445 g/mol. The Hall–Kier alpha value is -3.38. The van der Waals surface area contributed by atoms with Gasteiger partial charge in [-0.2, -0.15) is 15.0 Å². The summed E-state index contributed by atoms with van der Waals surface area (Å²) in [6.45, 7) is 2.29. The summed E-state index contributed by atoms with van der Waals surface area (Å²) < 4.78 is 25.6. The molecule has 1 aromatic carbocycles. The molecule has 0 atom stereocenters. The van der Waals surface area contributed by atoms with E-state index in [-0.39, 0.29) is 23.2 Å². The number of carbonyl (C=O) groups is 1. The number of halogens is 1. The minimum atomic E-state index is -0.704. The Kier molecular flexibility index (Phi) is 5.91. The third-order valence-electron chi connectivity index (χ3n) is 4.43. The summed E-state index contributed by atoms with van der Waals surface area (Å²) in [5.41, 5.74) is 5.94. The molecule has 0 aliphatic carbocycles. The van der Waals surface area contributed by atoms with Crippen LogP contribution < -0.4 is 15.4 Å². The molecule has 1 aliphatic heterocycles. The first-order chi connectivity index (χ1) is 14.9. The van der Waals surface area contributed by atoms with Crippen LogP contribution in [0.2, 0.25) is 0 Å². The zero-order valence-corrected chi connectivity index (χ0v) is 17.7. The first-order valence-electron chi connectivity index (χ1n) is 9.40. The molecule has 0 bridgehead atoms. The number of aromatic nitrogens is 4. The molecular formula is C19H20FN7O3S. The van der Waals surface area contributed by atoms with E-state index < -0.39 is 5.82 Å². The molecule has 2 aromatic heterocycles. The van der Waals surface area contributed by atoms with Gasteiger partial charge in [0.05, 0.1) is 24.3 Å². The fraction of sp³-hybridized carbons (Fsp3) is 0.316. The summed E-state index contributed by atoms with van der Waals surface area (Å²) in [5, 5.41) is 0.373. The molecule has 10 nitrogen and oxygen atoms in total. The standard InChI is InChI=1S/C19H20FN7O3S/c1-26(2)16(28)11-3-4-13(12(20)9-11)30-19-24-15(14-10-22-17(21)31-14)23-18(25-19)27-5-7-29-8-6-27/h3-4,9-10H,5-8H2,1-2H3,(H2,21,22). The molecule has 0 saturated carbocycles. The molecule has 1 aliphatic rings. The van der Waals surface area contributed by atoms with Crippen molar-refractivity contribution in [3.05, 3.63) is 35.8 Å². The molecule has 1 fully saturated rings. The quantitative estimate of drug-likeness (QED) is 0.629. The molecule has 0 unspecified atom stereocenters. The van der Waals surface area contributed by atoms with Gasteiger partial charge in [-0.1, -0.05) is 11.3 Å².